The van der Waals surface area contributed by atoms with E-state index >= 15 is 0 Å². The van der Waals surface area contributed by atoms with Gasteiger partial charge < -0.3 is 20.1 Å². The van der Waals surface area contributed by atoms with Crippen LogP contribution in [0.4, 0.5) is 5.69 Å². The maximum Gasteiger partial charge on any atom is 0.125 e. The predicted molar refractivity (Wildman–Crippen MR) is 128 cm³/mol. The first kappa shape index (κ1) is 21.8. The zero-order chi connectivity index (χ0) is 21.8. The second-order valence-electron chi connectivity index (χ2n) is 8.86. The fourth-order valence-electron chi connectivity index (χ4n) is 4.64. The summed E-state index contributed by atoms with van der Waals surface area (Å²) in [5.74, 6) is 1.01. The Balaban J connectivity index is 1.34. The maximum absolute atomic E-state index is 9.22. The minimum Gasteiger partial charge on any atom is -0.492 e. The highest BCUT2D eigenvalue weighted by Crippen LogP contribution is 2.36. The van der Waals surface area contributed by atoms with Gasteiger partial charge in [0.2, 0.25) is 0 Å². The molecule has 2 aromatic carbocycles. The number of hydrogen-bond acceptors (Lipinski definition) is 5. The van der Waals surface area contributed by atoms with Gasteiger partial charge in [-0.1, -0.05) is 24.3 Å². The molecule has 2 aliphatic rings. The van der Waals surface area contributed by atoms with E-state index < -0.39 is 0 Å². The summed E-state index contributed by atoms with van der Waals surface area (Å²) in [4.78, 5) is 6.93. The summed E-state index contributed by atoms with van der Waals surface area (Å²) in [5.41, 5.74) is 9.10. The average Bonchev–Trinajstić information content (AvgIpc) is 3.51. The molecule has 0 radical (unpaired) electrons. The smallest absolute Gasteiger partial charge is 0.125 e. The molecule has 31 heavy (non-hydrogen) atoms. The summed E-state index contributed by atoms with van der Waals surface area (Å²) in [5, 5.41) is 12.8. The van der Waals surface area contributed by atoms with Crippen molar-refractivity contribution in [3.8, 4) is 5.75 Å². The molecule has 0 aromatic heterocycles. The second kappa shape index (κ2) is 9.84. The molecule has 2 aliphatic heterocycles. The SMILES string of the molecule is Cc1cccc(C)c1OCCNC(C)Cc1cc2c(c(C3=NC3)c1)N(CCCO)CC2. The Kier molecular flexibility index (Phi) is 6.93. The summed E-state index contributed by atoms with van der Waals surface area (Å²) >= 11 is 0. The molecule has 0 saturated heterocycles. The number of nitrogens with zero attached hydrogens (tertiary/aromatic N) is 2. The Morgan fingerprint density at radius 1 is 1.23 bits per heavy atom. The van der Waals surface area contributed by atoms with Crippen molar-refractivity contribution < 1.29 is 9.84 Å². The van der Waals surface area contributed by atoms with Crippen molar-refractivity contribution in [2.75, 3.05) is 44.3 Å². The highest BCUT2D eigenvalue weighted by atomic mass is 16.5. The van der Waals surface area contributed by atoms with Crippen LogP contribution in [0.15, 0.2) is 35.3 Å². The lowest BCUT2D eigenvalue weighted by atomic mass is 9.97. The first-order valence-electron chi connectivity index (χ1n) is 11.5. The van der Waals surface area contributed by atoms with E-state index in [9.17, 15) is 5.11 Å². The van der Waals surface area contributed by atoms with Crippen molar-refractivity contribution >= 4 is 11.4 Å². The molecule has 2 aromatic rings. The molecule has 166 valence electrons. The van der Waals surface area contributed by atoms with E-state index in [0.29, 0.717) is 12.6 Å². The van der Waals surface area contributed by atoms with Crippen molar-refractivity contribution in [3.63, 3.8) is 0 Å². The van der Waals surface area contributed by atoms with Crippen molar-refractivity contribution in [1.82, 2.24) is 5.32 Å². The largest absolute Gasteiger partial charge is 0.492 e. The Hall–Kier alpha value is -2.37. The van der Waals surface area contributed by atoms with Crippen LogP contribution in [0.5, 0.6) is 5.75 Å². The Labute approximate surface area is 186 Å². The molecule has 1 atom stereocenters. The zero-order valence-electron chi connectivity index (χ0n) is 19.1. The molecular formula is C26H35N3O2. The fraction of sp³-hybridized carbons (Fsp3) is 0.500. The van der Waals surface area contributed by atoms with Crippen molar-refractivity contribution in [1.29, 1.82) is 0 Å². The molecule has 1 unspecified atom stereocenters. The number of benzene rings is 2. The Bertz CT molecular complexity index is 934. The van der Waals surface area contributed by atoms with E-state index in [1.807, 2.05) is 0 Å². The van der Waals surface area contributed by atoms with Crippen LogP contribution in [-0.4, -0.2) is 56.3 Å². The number of para-hydroxylation sites is 1. The highest BCUT2D eigenvalue weighted by molar-refractivity contribution is 6.14. The van der Waals surface area contributed by atoms with Crippen LogP contribution >= 0.6 is 0 Å². The number of aryl methyl sites for hydroxylation is 2. The quantitative estimate of drug-likeness (QED) is 0.546. The van der Waals surface area contributed by atoms with Gasteiger partial charge in [0, 0.05) is 43.5 Å². The number of nitrogens with one attached hydrogen (secondary N) is 1. The van der Waals surface area contributed by atoms with Gasteiger partial charge in [-0.05, 0) is 68.4 Å². The molecule has 2 N–H and O–H groups in total. The van der Waals surface area contributed by atoms with Crippen LogP contribution < -0.4 is 15.0 Å². The lowest BCUT2D eigenvalue weighted by Crippen LogP contribution is -2.32. The van der Waals surface area contributed by atoms with Gasteiger partial charge in [0.05, 0.1) is 12.3 Å². The molecule has 0 saturated carbocycles. The van der Waals surface area contributed by atoms with Crippen LogP contribution in [0, 0.1) is 13.8 Å². The van der Waals surface area contributed by atoms with Crippen molar-refractivity contribution in [2.24, 2.45) is 4.99 Å². The van der Waals surface area contributed by atoms with Crippen LogP contribution in [0.25, 0.3) is 0 Å². The number of aliphatic imine (C=N–C) groups is 1. The number of aliphatic hydroxyl groups excluding tert-OH is 1. The highest BCUT2D eigenvalue weighted by Gasteiger charge is 2.27. The van der Waals surface area contributed by atoms with E-state index in [1.165, 1.54) is 39.2 Å². The molecule has 0 aliphatic carbocycles. The molecule has 0 amide bonds. The zero-order valence-corrected chi connectivity index (χ0v) is 19.1. The maximum atomic E-state index is 9.22. The lowest BCUT2D eigenvalue weighted by molar-refractivity contribution is 0.290. The third kappa shape index (κ3) is 5.28. The van der Waals surface area contributed by atoms with E-state index in [2.05, 4.69) is 66.3 Å². The summed E-state index contributed by atoms with van der Waals surface area (Å²) < 4.78 is 6.03. The van der Waals surface area contributed by atoms with Crippen LogP contribution in [0.1, 0.15) is 41.2 Å². The summed E-state index contributed by atoms with van der Waals surface area (Å²) in [6, 6.07) is 11.4. The molecule has 2 heterocycles. The first-order valence-corrected chi connectivity index (χ1v) is 11.5. The number of fused-ring (bicyclic) bond motifs is 1. The third-order valence-corrected chi connectivity index (χ3v) is 6.22. The summed E-state index contributed by atoms with van der Waals surface area (Å²) in [6.07, 6.45) is 2.89. The van der Waals surface area contributed by atoms with E-state index in [-0.39, 0.29) is 6.61 Å². The van der Waals surface area contributed by atoms with E-state index in [1.54, 1.807) is 0 Å². The predicted octanol–water partition coefficient (Wildman–Crippen LogP) is 3.45. The van der Waals surface area contributed by atoms with Crippen LogP contribution in [-0.2, 0) is 12.8 Å². The second-order valence-corrected chi connectivity index (χ2v) is 8.86. The normalized spacial score (nSPS) is 15.6. The number of rotatable bonds is 11. The van der Waals surface area contributed by atoms with Gasteiger partial charge in [0.15, 0.2) is 0 Å². The third-order valence-electron chi connectivity index (χ3n) is 6.22. The summed E-state index contributed by atoms with van der Waals surface area (Å²) in [6.45, 7) is 11.0. The first-order chi connectivity index (χ1) is 15.1. The van der Waals surface area contributed by atoms with Crippen molar-refractivity contribution in [3.05, 3.63) is 58.1 Å². The van der Waals surface area contributed by atoms with E-state index in [4.69, 9.17) is 4.74 Å². The van der Waals surface area contributed by atoms with Gasteiger partial charge in [-0.3, -0.25) is 4.99 Å². The topological polar surface area (TPSA) is 57.1 Å². The minimum atomic E-state index is 0.247. The standard InChI is InChI=1S/C26H35N3O2/c1-18-6-4-7-19(2)26(18)31-13-9-27-20(3)14-21-15-22-8-11-29(10-5-12-30)25(22)23(16-21)24-17-28-24/h4,6-7,15-16,20,27,30H,5,8-14,17H2,1-3H3. The number of anilines is 1. The molecule has 0 spiro atoms. The van der Waals surface area contributed by atoms with Crippen LogP contribution in [0.3, 0.4) is 0 Å². The van der Waals surface area contributed by atoms with Gasteiger partial charge in [-0.2, -0.15) is 0 Å². The number of ether oxygens (including phenoxy) is 1. The van der Waals surface area contributed by atoms with Crippen LogP contribution in [0.2, 0.25) is 0 Å². The number of hydrogen-bond donors (Lipinski definition) is 2. The molecular weight excluding hydrogens is 386 g/mol. The average molecular weight is 422 g/mol. The fourth-order valence-corrected chi connectivity index (χ4v) is 4.64. The molecule has 5 heteroatoms. The molecule has 0 bridgehead atoms. The van der Waals surface area contributed by atoms with Gasteiger partial charge in [0.1, 0.15) is 12.4 Å². The van der Waals surface area contributed by atoms with Crippen molar-refractivity contribution in [2.45, 2.75) is 46.1 Å². The Morgan fingerprint density at radius 2 is 2.00 bits per heavy atom. The van der Waals surface area contributed by atoms with Gasteiger partial charge in [-0.15, -0.1) is 0 Å². The monoisotopic (exact) mass is 421 g/mol. The lowest BCUT2D eigenvalue weighted by Gasteiger charge is -2.22. The number of aliphatic hydroxyl groups is 1. The summed E-state index contributed by atoms with van der Waals surface area (Å²) in [7, 11) is 0. The Morgan fingerprint density at radius 3 is 2.71 bits per heavy atom. The van der Waals surface area contributed by atoms with Gasteiger partial charge in [-0.25, -0.2) is 0 Å². The molecule has 5 nitrogen and oxygen atoms in total. The van der Waals surface area contributed by atoms with E-state index in [0.717, 1.165) is 51.2 Å². The minimum absolute atomic E-state index is 0.247. The van der Waals surface area contributed by atoms with Gasteiger partial charge >= 0.3 is 0 Å². The molecule has 4 rings (SSSR count). The molecule has 0 fully saturated rings. The van der Waals surface area contributed by atoms with Gasteiger partial charge in [0.25, 0.3) is 0 Å².